The first-order valence-corrected chi connectivity index (χ1v) is 10.2. The Hall–Kier alpha value is -2.57. The predicted octanol–water partition coefficient (Wildman–Crippen LogP) is 4.25. The summed E-state index contributed by atoms with van der Waals surface area (Å²) in [7, 11) is 1.72. The van der Waals surface area contributed by atoms with E-state index in [2.05, 4.69) is 27.7 Å². The molecule has 0 spiro atoms. The molecule has 0 aliphatic heterocycles. The molecule has 2 atom stereocenters. The quantitative estimate of drug-likeness (QED) is 0.510. The molecule has 1 aromatic carbocycles. The maximum absolute atomic E-state index is 14.4. The summed E-state index contributed by atoms with van der Waals surface area (Å²) in [6.45, 7) is 9.25. The second kappa shape index (κ2) is 9.29. The van der Waals surface area contributed by atoms with Crippen LogP contribution in [-0.2, 0) is 0 Å². The summed E-state index contributed by atoms with van der Waals surface area (Å²) in [5.74, 6) is 2.31. The van der Waals surface area contributed by atoms with E-state index in [1.54, 1.807) is 13.1 Å². The molecule has 2 aromatic rings. The Labute approximate surface area is 171 Å². The van der Waals surface area contributed by atoms with Crippen molar-refractivity contribution >= 4 is 5.96 Å². The Kier molecular flexibility index (Phi) is 6.77. The number of ether oxygens (including phenoxy) is 1. The van der Waals surface area contributed by atoms with Gasteiger partial charge in [-0.2, -0.15) is 0 Å². The summed E-state index contributed by atoms with van der Waals surface area (Å²) in [5, 5.41) is 10.7. The van der Waals surface area contributed by atoms with Crippen LogP contribution in [0, 0.1) is 25.6 Å². The van der Waals surface area contributed by atoms with Crippen molar-refractivity contribution in [3.05, 3.63) is 46.6 Å². The Morgan fingerprint density at radius 1 is 1.34 bits per heavy atom. The molecule has 1 aromatic heterocycles. The molecule has 0 amide bonds. The van der Waals surface area contributed by atoms with Crippen molar-refractivity contribution in [2.45, 2.75) is 52.5 Å². The summed E-state index contributed by atoms with van der Waals surface area (Å²) in [4.78, 5) is 4.28. The maximum Gasteiger partial charge on any atom is 0.191 e. The number of hydrogen-bond donors (Lipinski definition) is 2. The predicted molar refractivity (Wildman–Crippen MR) is 112 cm³/mol. The minimum Gasteiger partial charge on any atom is -0.490 e. The highest BCUT2D eigenvalue weighted by atomic mass is 19.1. The van der Waals surface area contributed by atoms with Crippen molar-refractivity contribution in [1.29, 1.82) is 0 Å². The van der Waals surface area contributed by atoms with E-state index in [0.717, 1.165) is 22.6 Å². The molecule has 1 saturated carbocycles. The molecule has 2 N–H and O–H groups in total. The van der Waals surface area contributed by atoms with Crippen molar-refractivity contribution in [2.75, 3.05) is 20.2 Å². The summed E-state index contributed by atoms with van der Waals surface area (Å²) >= 11 is 0. The topological polar surface area (TPSA) is 71.7 Å². The zero-order valence-electron chi connectivity index (χ0n) is 17.9. The van der Waals surface area contributed by atoms with Crippen LogP contribution in [0.4, 0.5) is 4.39 Å². The van der Waals surface area contributed by atoms with Crippen LogP contribution in [0.1, 0.15) is 61.2 Å². The molecule has 158 valence electrons. The van der Waals surface area contributed by atoms with E-state index >= 15 is 0 Å². The fourth-order valence-corrected chi connectivity index (χ4v) is 3.42. The molecule has 2 unspecified atom stereocenters. The number of nitrogens with one attached hydrogen (secondary N) is 2. The average Bonchev–Trinajstić information content (AvgIpc) is 3.47. The molecular formula is C22H31FN4O2. The van der Waals surface area contributed by atoms with E-state index in [9.17, 15) is 4.39 Å². The van der Waals surface area contributed by atoms with Gasteiger partial charge in [0.25, 0.3) is 0 Å². The first-order chi connectivity index (χ1) is 13.9. The van der Waals surface area contributed by atoms with Crippen LogP contribution < -0.4 is 15.4 Å². The van der Waals surface area contributed by atoms with Gasteiger partial charge in [-0.25, -0.2) is 4.39 Å². The number of hydrogen-bond acceptors (Lipinski definition) is 4. The number of aromatic nitrogens is 1. The molecule has 1 aliphatic rings. The van der Waals surface area contributed by atoms with Crippen molar-refractivity contribution in [1.82, 2.24) is 15.8 Å². The van der Waals surface area contributed by atoms with Gasteiger partial charge in [0.1, 0.15) is 5.76 Å². The van der Waals surface area contributed by atoms with Crippen molar-refractivity contribution < 1.29 is 13.7 Å². The van der Waals surface area contributed by atoms with E-state index in [0.29, 0.717) is 30.8 Å². The molecule has 1 heterocycles. The van der Waals surface area contributed by atoms with Gasteiger partial charge in [0.2, 0.25) is 0 Å². The van der Waals surface area contributed by atoms with Gasteiger partial charge in [0.05, 0.1) is 18.3 Å². The van der Waals surface area contributed by atoms with Gasteiger partial charge in [0, 0.05) is 25.1 Å². The molecular weight excluding hydrogens is 371 g/mol. The smallest absolute Gasteiger partial charge is 0.191 e. The van der Waals surface area contributed by atoms with E-state index < -0.39 is 0 Å². The minimum atomic E-state index is -0.327. The number of rotatable bonds is 8. The van der Waals surface area contributed by atoms with E-state index in [1.807, 2.05) is 26.8 Å². The number of nitrogens with zero attached hydrogens (tertiary/aromatic N) is 2. The Morgan fingerprint density at radius 2 is 2.10 bits per heavy atom. The molecule has 1 aliphatic carbocycles. The Balaban J connectivity index is 1.55. The van der Waals surface area contributed by atoms with Gasteiger partial charge in [-0.1, -0.05) is 18.1 Å². The molecule has 6 nitrogen and oxygen atoms in total. The Morgan fingerprint density at radius 3 is 2.69 bits per heavy atom. The fourth-order valence-electron chi connectivity index (χ4n) is 3.42. The second-order valence-electron chi connectivity index (χ2n) is 7.90. The van der Waals surface area contributed by atoms with E-state index in [4.69, 9.17) is 9.26 Å². The lowest BCUT2D eigenvalue weighted by Crippen LogP contribution is -2.40. The van der Waals surface area contributed by atoms with Crippen LogP contribution in [0.2, 0.25) is 0 Å². The largest absolute Gasteiger partial charge is 0.490 e. The maximum atomic E-state index is 14.4. The van der Waals surface area contributed by atoms with E-state index in [-0.39, 0.29) is 17.8 Å². The standard InChI is InChI=1S/C22H31FN4O2/c1-13(21-15(3)27-29-16(21)4)11-25-22(24-5)26-14(2)18-8-9-20(19(23)10-18)28-12-17-6-7-17/h8-10,13-14,17H,6-7,11-12H2,1-5H3,(H2,24,25,26). The first kappa shape index (κ1) is 21.1. The van der Waals surface area contributed by atoms with Crippen LogP contribution in [0.5, 0.6) is 5.75 Å². The van der Waals surface area contributed by atoms with Crippen molar-refractivity contribution in [3.8, 4) is 5.75 Å². The van der Waals surface area contributed by atoms with Crippen molar-refractivity contribution in [2.24, 2.45) is 10.9 Å². The number of aryl methyl sites for hydroxylation is 2. The lowest BCUT2D eigenvalue weighted by atomic mass is 10.00. The molecule has 7 heteroatoms. The third-order valence-electron chi connectivity index (χ3n) is 5.36. The molecule has 29 heavy (non-hydrogen) atoms. The summed E-state index contributed by atoms with van der Waals surface area (Å²) in [6.07, 6.45) is 2.36. The van der Waals surface area contributed by atoms with Gasteiger partial charge in [0.15, 0.2) is 17.5 Å². The minimum absolute atomic E-state index is 0.109. The first-order valence-electron chi connectivity index (χ1n) is 10.2. The molecule has 0 radical (unpaired) electrons. The SMILES string of the molecule is CN=C(NCC(C)c1c(C)noc1C)NC(C)c1ccc(OCC2CC2)c(F)c1. The lowest BCUT2D eigenvalue weighted by Gasteiger charge is -2.20. The van der Waals surface area contributed by atoms with Gasteiger partial charge < -0.3 is 19.9 Å². The average molecular weight is 403 g/mol. The zero-order chi connectivity index (χ0) is 21.0. The van der Waals surface area contributed by atoms with Gasteiger partial charge in [-0.05, 0) is 57.2 Å². The van der Waals surface area contributed by atoms with Crippen molar-refractivity contribution in [3.63, 3.8) is 0 Å². The van der Waals surface area contributed by atoms with Gasteiger partial charge in [-0.15, -0.1) is 0 Å². The van der Waals surface area contributed by atoms with Gasteiger partial charge >= 0.3 is 0 Å². The summed E-state index contributed by atoms with van der Waals surface area (Å²) < 4.78 is 25.2. The van der Waals surface area contributed by atoms with Gasteiger partial charge in [-0.3, -0.25) is 4.99 Å². The summed E-state index contributed by atoms with van der Waals surface area (Å²) in [6, 6.07) is 5.02. The Bertz CT molecular complexity index is 841. The highest BCUT2D eigenvalue weighted by Gasteiger charge is 2.23. The monoisotopic (exact) mass is 402 g/mol. The van der Waals surface area contributed by atoms with Crippen LogP contribution in [-0.4, -0.2) is 31.3 Å². The zero-order valence-corrected chi connectivity index (χ0v) is 17.9. The number of benzene rings is 1. The van der Waals surface area contributed by atoms with Crippen LogP contribution in [0.25, 0.3) is 0 Å². The summed E-state index contributed by atoms with van der Waals surface area (Å²) in [5.41, 5.74) is 2.86. The third-order valence-corrected chi connectivity index (χ3v) is 5.36. The fraction of sp³-hybridized carbons (Fsp3) is 0.545. The lowest BCUT2D eigenvalue weighted by molar-refractivity contribution is 0.285. The van der Waals surface area contributed by atoms with Crippen LogP contribution in [0.3, 0.4) is 0 Å². The second-order valence-corrected chi connectivity index (χ2v) is 7.90. The molecule has 0 saturated heterocycles. The molecule has 0 bridgehead atoms. The van der Waals surface area contributed by atoms with E-state index in [1.165, 1.54) is 18.9 Å². The third kappa shape index (κ3) is 5.49. The number of aliphatic imine (C=N–C) groups is 1. The molecule has 1 fully saturated rings. The highest BCUT2D eigenvalue weighted by molar-refractivity contribution is 5.80. The highest BCUT2D eigenvalue weighted by Crippen LogP contribution is 2.30. The number of halogens is 1. The van der Waals surface area contributed by atoms with Crippen LogP contribution in [0.15, 0.2) is 27.7 Å². The normalized spacial score (nSPS) is 16.4. The number of guanidine groups is 1. The molecule has 3 rings (SSSR count). The van der Waals surface area contributed by atoms with Crippen LogP contribution >= 0.6 is 0 Å².